The van der Waals surface area contributed by atoms with E-state index in [2.05, 4.69) is 4.90 Å². The highest BCUT2D eigenvalue weighted by Gasteiger charge is 2.53. The molecule has 3 rings (SSSR count). The van der Waals surface area contributed by atoms with Gasteiger partial charge in [-0.25, -0.2) is 0 Å². The number of carbonyl (C=O) groups excluding carboxylic acids is 2. The molecule has 0 amide bonds. The molecule has 0 radical (unpaired) electrons. The molecule has 1 fully saturated rings. The monoisotopic (exact) mass is 271 g/mol. The average Bonchev–Trinajstić information content (AvgIpc) is 2.71. The zero-order valence-corrected chi connectivity index (χ0v) is 11.5. The minimum absolute atomic E-state index is 0.0593. The summed E-state index contributed by atoms with van der Waals surface area (Å²) >= 11 is 0. The number of benzene rings is 1. The third-order valence-electron chi connectivity index (χ3n) is 4.33. The minimum Gasteiger partial charge on any atom is -0.469 e. The fraction of sp³-hybridized carbons (Fsp3) is 0.375. The number of anilines is 1. The first-order chi connectivity index (χ1) is 9.65. The molecule has 1 saturated heterocycles. The zero-order valence-electron chi connectivity index (χ0n) is 11.5. The fourth-order valence-corrected chi connectivity index (χ4v) is 3.44. The van der Waals surface area contributed by atoms with Crippen molar-refractivity contribution in [2.45, 2.75) is 19.0 Å². The van der Waals surface area contributed by atoms with E-state index in [0.717, 1.165) is 5.69 Å². The second-order valence-electron chi connectivity index (χ2n) is 5.35. The summed E-state index contributed by atoms with van der Waals surface area (Å²) in [4.78, 5) is 26.3. The van der Waals surface area contributed by atoms with Crippen molar-refractivity contribution in [3.05, 3.63) is 42.5 Å². The molecule has 4 atom stereocenters. The maximum absolute atomic E-state index is 12.2. The Morgan fingerprint density at radius 2 is 1.95 bits per heavy atom. The SMILES string of the molecule is COC(=O)[C@@H]1[C@@H](C)[C@@H]2C(=O)C=C[C@H]1N2c1ccccc1. The third-order valence-corrected chi connectivity index (χ3v) is 4.33. The van der Waals surface area contributed by atoms with E-state index in [0.29, 0.717) is 0 Å². The Morgan fingerprint density at radius 3 is 2.60 bits per heavy atom. The molecule has 0 unspecified atom stereocenters. The van der Waals surface area contributed by atoms with Gasteiger partial charge in [0, 0.05) is 5.69 Å². The lowest BCUT2D eigenvalue weighted by Crippen LogP contribution is -2.44. The first-order valence-corrected chi connectivity index (χ1v) is 6.78. The molecule has 0 spiro atoms. The van der Waals surface area contributed by atoms with E-state index in [1.165, 1.54) is 7.11 Å². The van der Waals surface area contributed by atoms with Crippen molar-refractivity contribution in [3.8, 4) is 0 Å². The van der Waals surface area contributed by atoms with Gasteiger partial charge in [-0.15, -0.1) is 0 Å². The zero-order chi connectivity index (χ0) is 14.3. The van der Waals surface area contributed by atoms with Crippen LogP contribution >= 0.6 is 0 Å². The van der Waals surface area contributed by atoms with Crippen LogP contribution in [0.1, 0.15) is 6.92 Å². The fourth-order valence-electron chi connectivity index (χ4n) is 3.44. The number of ketones is 1. The van der Waals surface area contributed by atoms with Crippen molar-refractivity contribution in [2.24, 2.45) is 11.8 Å². The standard InChI is InChI=1S/C16H17NO3/c1-10-14(16(19)20-2)12-8-9-13(18)15(10)17(12)11-6-4-3-5-7-11/h3-10,12,14-15H,1-2H3/t10-,12-,14-,15-/m1/s1. The predicted molar refractivity (Wildman–Crippen MR) is 75.3 cm³/mol. The summed E-state index contributed by atoms with van der Waals surface area (Å²) in [6, 6.07) is 9.37. The number of methoxy groups -OCH3 is 1. The summed E-state index contributed by atoms with van der Waals surface area (Å²) in [6.45, 7) is 1.95. The van der Waals surface area contributed by atoms with Crippen LogP contribution in [0, 0.1) is 11.8 Å². The van der Waals surface area contributed by atoms with Gasteiger partial charge in [0.1, 0.15) is 0 Å². The van der Waals surface area contributed by atoms with Crippen LogP contribution in [-0.2, 0) is 14.3 Å². The van der Waals surface area contributed by atoms with Crippen molar-refractivity contribution < 1.29 is 14.3 Å². The molecule has 2 aliphatic heterocycles. The van der Waals surface area contributed by atoms with E-state index in [4.69, 9.17) is 4.74 Å². The van der Waals surface area contributed by atoms with Crippen molar-refractivity contribution in [1.29, 1.82) is 0 Å². The average molecular weight is 271 g/mol. The van der Waals surface area contributed by atoms with Crippen LogP contribution in [0.5, 0.6) is 0 Å². The van der Waals surface area contributed by atoms with E-state index in [1.807, 2.05) is 43.3 Å². The number of carbonyl (C=O) groups is 2. The maximum atomic E-state index is 12.2. The van der Waals surface area contributed by atoms with Gasteiger partial charge in [0.05, 0.1) is 25.1 Å². The Kier molecular flexibility index (Phi) is 3.08. The number of esters is 1. The number of ether oxygens (including phenoxy) is 1. The smallest absolute Gasteiger partial charge is 0.311 e. The Bertz CT molecular complexity index is 566. The molecule has 4 nitrogen and oxygen atoms in total. The van der Waals surface area contributed by atoms with Gasteiger partial charge >= 0.3 is 5.97 Å². The summed E-state index contributed by atoms with van der Waals surface area (Å²) < 4.78 is 4.92. The van der Waals surface area contributed by atoms with Gasteiger partial charge in [0.2, 0.25) is 0 Å². The summed E-state index contributed by atoms with van der Waals surface area (Å²) in [6.07, 6.45) is 3.44. The summed E-state index contributed by atoms with van der Waals surface area (Å²) in [5.74, 6) is -0.544. The van der Waals surface area contributed by atoms with Gasteiger partial charge < -0.3 is 9.64 Å². The van der Waals surface area contributed by atoms with Gasteiger partial charge in [0.15, 0.2) is 5.78 Å². The lowest BCUT2D eigenvalue weighted by Gasteiger charge is -2.33. The number of para-hydroxylation sites is 1. The molecule has 0 saturated carbocycles. The molecule has 20 heavy (non-hydrogen) atoms. The van der Waals surface area contributed by atoms with Crippen LogP contribution in [0.15, 0.2) is 42.5 Å². The first-order valence-electron chi connectivity index (χ1n) is 6.78. The van der Waals surface area contributed by atoms with Crippen LogP contribution in [0.4, 0.5) is 5.69 Å². The Balaban J connectivity index is 2.06. The van der Waals surface area contributed by atoms with Gasteiger partial charge in [0.25, 0.3) is 0 Å². The third kappa shape index (κ3) is 1.75. The van der Waals surface area contributed by atoms with Crippen LogP contribution in [0.25, 0.3) is 0 Å². The molecule has 2 aliphatic rings. The molecule has 2 bridgehead atoms. The second-order valence-corrected chi connectivity index (χ2v) is 5.35. The summed E-state index contributed by atoms with van der Waals surface area (Å²) in [5.41, 5.74) is 0.971. The molecule has 0 aliphatic carbocycles. The van der Waals surface area contributed by atoms with Gasteiger partial charge in [-0.2, -0.15) is 0 Å². The van der Waals surface area contributed by atoms with E-state index >= 15 is 0 Å². The molecule has 104 valence electrons. The molecule has 4 heteroatoms. The van der Waals surface area contributed by atoms with Crippen LogP contribution < -0.4 is 4.90 Å². The van der Waals surface area contributed by atoms with E-state index in [9.17, 15) is 9.59 Å². The van der Waals surface area contributed by atoms with Crippen molar-refractivity contribution in [3.63, 3.8) is 0 Å². The highest BCUT2D eigenvalue weighted by Crippen LogP contribution is 2.42. The number of fused-ring (bicyclic) bond motifs is 2. The quantitative estimate of drug-likeness (QED) is 0.770. The van der Waals surface area contributed by atoms with Crippen molar-refractivity contribution >= 4 is 17.4 Å². The van der Waals surface area contributed by atoms with Crippen LogP contribution in [0.2, 0.25) is 0 Å². The van der Waals surface area contributed by atoms with Crippen molar-refractivity contribution in [2.75, 3.05) is 12.0 Å². The summed E-state index contributed by atoms with van der Waals surface area (Å²) in [7, 11) is 1.40. The van der Waals surface area contributed by atoms with Crippen LogP contribution in [-0.4, -0.2) is 30.9 Å². The van der Waals surface area contributed by atoms with Gasteiger partial charge in [-0.1, -0.05) is 31.2 Å². The normalized spacial score (nSPS) is 31.5. The predicted octanol–water partition coefficient (Wildman–Crippen LogP) is 1.81. The highest BCUT2D eigenvalue weighted by molar-refractivity contribution is 6.01. The Hall–Kier alpha value is -2.10. The minimum atomic E-state index is -0.298. The number of rotatable bonds is 2. The van der Waals surface area contributed by atoms with E-state index < -0.39 is 0 Å². The molecule has 1 aromatic carbocycles. The van der Waals surface area contributed by atoms with Gasteiger partial charge in [-0.3, -0.25) is 9.59 Å². The molecule has 1 aromatic rings. The molecule has 2 heterocycles. The number of nitrogens with zero attached hydrogens (tertiary/aromatic N) is 1. The molecular weight excluding hydrogens is 254 g/mol. The summed E-state index contributed by atoms with van der Waals surface area (Å²) in [5, 5.41) is 0. The van der Waals surface area contributed by atoms with Crippen molar-refractivity contribution in [1.82, 2.24) is 0 Å². The maximum Gasteiger partial charge on any atom is 0.311 e. The lowest BCUT2D eigenvalue weighted by molar-refractivity contribution is -0.146. The molecule has 0 aromatic heterocycles. The molecule has 0 N–H and O–H groups in total. The number of hydrogen-bond acceptors (Lipinski definition) is 4. The van der Waals surface area contributed by atoms with E-state index in [-0.39, 0.29) is 35.7 Å². The Labute approximate surface area is 118 Å². The topological polar surface area (TPSA) is 46.6 Å². The largest absolute Gasteiger partial charge is 0.469 e. The number of hydrogen-bond donors (Lipinski definition) is 0. The second kappa shape index (κ2) is 4.78. The van der Waals surface area contributed by atoms with Crippen LogP contribution in [0.3, 0.4) is 0 Å². The van der Waals surface area contributed by atoms with Gasteiger partial charge in [-0.05, 0) is 24.1 Å². The van der Waals surface area contributed by atoms with E-state index in [1.54, 1.807) is 6.08 Å². The first kappa shape index (κ1) is 12.9. The Morgan fingerprint density at radius 1 is 1.25 bits per heavy atom. The highest BCUT2D eigenvalue weighted by atomic mass is 16.5. The molecular formula is C16H17NO3. The lowest BCUT2D eigenvalue weighted by atomic mass is 9.89.